The van der Waals surface area contributed by atoms with Gasteiger partial charge in [0.15, 0.2) is 0 Å². The summed E-state index contributed by atoms with van der Waals surface area (Å²) in [6.45, 7) is 5.31. The molecule has 1 amide bonds. The second-order valence-corrected chi connectivity index (χ2v) is 8.71. The number of hydrogen-bond donors (Lipinski definition) is 1. The highest BCUT2D eigenvalue weighted by Crippen LogP contribution is 2.31. The Morgan fingerprint density at radius 1 is 1.00 bits per heavy atom. The summed E-state index contributed by atoms with van der Waals surface area (Å²) in [7, 11) is 0. The molecule has 0 radical (unpaired) electrons. The number of hydrogen-bond acceptors (Lipinski definition) is 6. The van der Waals surface area contributed by atoms with Crippen LogP contribution in [0.4, 0.5) is 11.4 Å². The zero-order valence-electron chi connectivity index (χ0n) is 18.0. The third-order valence-corrected chi connectivity index (χ3v) is 6.48. The molecule has 0 spiro atoms. The summed E-state index contributed by atoms with van der Waals surface area (Å²) >= 11 is 6.26. The monoisotopic (exact) mass is 457 g/mol. The second kappa shape index (κ2) is 10.3. The summed E-state index contributed by atoms with van der Waals surface area (Å²) in [5.74, 6) is -0.321. The molecule has 32 heavy (non-hydrogen) atoms. The van der Waals surface area contributed by atoms with Crippen LogP contribution in [0.2, 0.25) is 5.02 Å². The fourth-order valence-corrected chi connectivity index (χ4v) is 4.50. The average Bonchev–Trinajstić information content (AvgIpc) is 2.82. The highest BCUT2D eigenvalue weighted by molar-refractivity contribution is 6.31. The lowest BCUT2D eigenvalue weighted by atomic mass is 10.1. The van der Waals surface area contributed by atoms with E-state index in [0.29, 0.717) is 24.3 Å². The number of nitrogens with one attached hydrogen (secondary N) is 1. The van der Waals surface area contributed by atoms with Crippen molar-refractivity contribution in [2.75, 3.05) is 44.2 Å². The first-order chi connectivity index (χ1) is 15.5. The molecule has 2 aliphatic rings. The van der Waals surface area contributed by atoms with E-state index in [2.05, 4.69) is 10.3 Å². The maximum Gasteiger partial charge on any atom is 0.293 e. The van der Waals surface area contributed by atoms with Crippen molar-refractivity contribution in [3.63, 3.8) is 0 Å². The molecule has 0 unspecified atom stereocenters. The third-order valence-electron chi connectivity index (χ3n) is 6.11. The van der Waals surface area contributed by atoms with Crippen molar-refractivity contribution in [2.45, 2.75) is 25.8 Å². The molecule has 8 nitrogen and oxygen atoms in total. The number of anilines is 1. The Morgan fingerprint density at radius 3 is 2.41 bits per heavy atom. The first kappa shape index (κ1) is 22.5. The van der Waals surface area contributed by atoms with E-state index in [1.807, 2.05) is 34.2 Å². The van der Waals surface area contributed by atoms with Crippen molar-refractivity contribution < 1.29 is 9.72 Å². The number of amides is 1. The van der Waals surface area contributed by atoms with Crippen molar-refractivity contribution in [1.82, 2.24) is 15.3 Å². The Morgan fingerprint density at radius 2 is 1.72 bits per heavy atom. The molecule has 2 aromatic carbocycles. The van der Waals surface area contributed by atoms with Crippen LogP contribution in [0.1, 0.15) is 35.2 Å². The number of rotatable bonds is 6. The van der Waals surface area contributed by atoms with Gasteiger partial charge in [0, 0.05) is 62.5 Å². The Balaban J connectivity index is 1.35. The number of halogens is 1. The van der Waals surface area contributed by atoms with E-state index in [4.69, 9.17) is 11.6 Å². The van der Waals surface area contributed by atoms with Crippen LogP contribution in [0, 0.1) is 10.1 Å². The lowest BCUT2D eigenvalue weighted by molar-refractivity contribution is -0.384. The van der Waals surface area contributed by atoms with Crippen LogP contribution in [-0.2, 0) is 6.54 Å². The van der Waals surface area contributed by atoms with Gasteiger partial charge in [0.1, 0.15) is 5.69 Å². The van der Waals surface area contributed by atoms with Crippen LogP contribution in [0.15, 0.2) is 42.5 Å². The Labute approximate surface area is 192 Å². The molecule has 9 heteroatoms. The highest BCUT2D eigenvalue weighted by atomic mass is 35.5. The fourth-order valence-electron chi connectivity index (χ4n) is 4.31. The lowest BCUT2D eigenvalue weighted by Gasteiger charge is -2.34. The van der Waals surface area contributed by atoms with E-state index < -0.39 is 4.92 Å². The number of carbonyl (C=O) groups is 1. The van der Waals surface area contributed by atoms with Crippen LogP contribution >= 0.6 is 11.6 Å². The number of piperidine rings is 1. The van der Waals surface area contributed by atoms with Crippen LogP contribution in [-0.4, -0.2) is 60.0 Å². The van der Waals surface area contributed by atoms with Crippen molar-refractivity contribution in [3.05, 3.63) is 68.7 Å². The van der Waals surface area contributed by atoms with Gasteiger partial charge in [-0.1, -0.05) is 29.8 Å². The van der Waals surface area contributed by atoms with E-state index in [1.54, 1.807) is 12.1 Å². The first-order valence-electron chi connectivity index (χ1n) is 11.1. The van der Waals surface area contributed by atoms with E-state index in [0.717, 1.165) is 62.6 Å². The third kappa shape index (κ3) is 5.38. The maximum absolute atomic E-state index is 12.8. The zero-order valence-corrected chi connectivity index (χ0v) is 18.8. The molecule has 1 N–H and O–H groups in total. The smallest absolute Gasteiger partial charge is 0.293 e. The van der Waals surface area contributed by atoms with Crippen LogP contribution in [0.25, 0.3) is 0 Å². The molecule has 4 rings (SSSR count). The zero-order chi connectivity index (χ0) is 22.5. The Hall–Kier alpha value is -2.68. The molecular weight excluding hydrogens is 430 g/mol. The molecule has 0 saturated carbocycles. The Kier molecular flexibility index (Phi) is 7.24. The van der Waals surface area contributed by atoms with Crippen LogP contribution < -0.4 is 10.3 Å². The second-order valence-electron chi connectivity index (χ2n) is 8.30. The van der Waals surface area contributed by atoms with E-state index in [1.165, 1.54) is 6.07 Å². The molecule has 2 aliphatic heterocycles. The minimum Gasteiger partial charge on any atom is -0.366 e. The van der Waals surface area contributed by atoms with Gasteiger partial charge in [-0.05, 0) is 43.0 Å². The summed E-state index contributed by atoms with van der Waals surface area (Å²) in [4.78, 5) is 28.4. The number of nitro groups is 1. The minimum absolute atomic E-state index is 0.0101. The molecule has 170 valence electrons. The van der Waals surface area contributed by atoms with Gasteiger partial charge in [-0.2, -0.15) is 0 Å². The molecule has 0 bridgehead atoms. The van der Waals surface area contributed by atoms with Crippen LogP contribution in [0.5, 0.6) is 0 Å². The topological polar surface area (TPSA) is 82.0 Å². The molecule has 2 saturated heterocycles. The summed E-state index contributed by atoms with van der Waals surface area (Å²) in [5.41, 5.74) is 4.88. The van der Waals surface area contributed by atoms with Crippen molar-refractivity contribution in [3.8, 4) is 0 Å². The first-order valence-corrected chi connectivity index (χ1v) is 11.4. The largest absolute Gasteiger partial charge is 0.366 e. The number of piperazine rings is 1. The van der Waals surface area contributed by atoms with Gasteiger partial charge in [-0.15, -0.1) is 0 Å². The fraction of sp³-hybridized carbons (Fsp3) is 0.435. The summed E-state index contributed by atoms with van der Waals surface area (Å²) < 4.78 is 0. The molecule has 0 atom stereocenters. The molecule has 2 heterocycles. The van der Waals surface area contributed by atoms with Gasteiger partial charge in [-0.3, -0.25) is 25.2 Å². The van der Waals surface area contributed by atoms with Crippen molar-refractivity contribution >= 4 is 28.9 Å². The number of hydrazine groups is 1. The quantitative estimate of drug-likeness (QED) is 0.526. The number of carbonyl (C=O) groups excluding carboxylic acids is 1. The lowest BCUT2D eigenvalue weighted by Crippen LogP contribution is -2.53. The van der Waals surface area contributed by atoms with Gasteiger partial charge >= 0.3 is 0 Å². The number of nitro benzene ring substituents is 1. The highest BCUT2D eigenvalue weighted by Gasteiger charge is 2.24. The predicted octanol–water partition coefficient (Wildman–Crippen LogP) is 3.70. The molecular formula is C23H28ClN5O3. The predicted molar refractivity (Wildman–Crippen MR) is 125 cm³/mol. The van der Waals surface area contributed by atoms with Gasteiger partial charge in [0.25, 0.3) is 11.6 Å². The van der Waals surface area contributed by atoms with Crippen molar-refractivity contribution in [2.24, 2.45) is 0 Å². The van der Waals surface area contributed by atoms with Gasteiger partial charge in [0.2, 0.25) is 0 Å². The molecule has 0 aromatic heterocycles. The normalized spacial score (nSPS) is 17.8. The number of nitrogens with zero attached hydrogens (tertiary/aromatic N) is 4. The van der Waals surface area contributed by atoms with E-state index in [-0.39, 0.29) is 11.6 Å². The standard InChI is InChI=1S/C23H28ClN5O3/c24-20-7-3-2-6-19(20)17-26-12-14-28(15-13-26)25-23(30)18-8-9-21(22(16-18)29(31)32)27-10-4-1-5-11-27/h2-3,6-9,16H,1,4-5,10-15,17H2,(H,25,30). The van der Waals surface area contributed by atoms with E-state index in [9.17, 15) is 14.9 Å². The average molecular weight is 458 g/mol. The summed E-state index contributed by atoms with van der Waals surface area (Å²) in [6.07, 6.45) is 3.21. The molecule has 2 aromatic rings. The Bertz CT molecular complexity index is 972. The summed E-state index contributed by atoms with van der Waals surface area (Å²) in [6, 6.07) is 12.6. The van der Waals surface area contributed by atoms with Gasteiger partial charge in [-0.25, -0.2) is 5.01 Å². The van der Waals surface area contributed by atoms with Gasteiger partial charge < -0.3 is 4.90 Å². The number of benzene rings is 2. The minimum atomic E-state index is -0.395. The maximum atomic E-state index is 12.8. The summed E-state index contributed by atoms with van der Waals surface area (Å²) in [5, 5.41) is 14.3. The van der Waals surface area contributed by atoms with Gasteiger partial charge in [0.05, 0.1) is 4.92 Å². The molecule has 0 aliphatic carbocycles. The van der Waals surface area contributed by atoms with Crippen molar-refractivity contribution in [1.29, 1.82) is 0 Å². The SMILES string of the molecule is O=C(NN1CCN(Cc2ccccc2Cl)CC1)c1ccc(N2CCCCC2)c([N+](=O)[O-])c1. The molecule has 2 fully saturated rings. The van der Waals surface area contributed by atoms with Crippen LogP contribution in [0.3, 0.4) is 0 Å². The van der Waals surface area contributed by atoms with E-state index >= 15 is 0 Å².